The van der Waals surface area contributed by atoms with Crippen LogP contribution in [0.5, 0.6) is 0 Å². The molecule has 1 aliphatic rings. The predicted molar refractivity (Wildman–Crippen MR) is 75.4 cm³/mol. The Kier molecular flexibility index (Phi) is 3.55. The predicted octanol–water partition coefficient (Wildman–Crippen LogP) is 0.124. The Labute approximate surface area is 114 Å². The Morgan fingerprint density at radius 3 is 2.90 bits per heavy atom. The summed E-state index contributed by atoms with van der Waals surface area (Å²) in [4.78, 5) is 30.5. The van der Waals surface area contributed by atoms with Gasteiger partial charge in [0.05, 0.1) is 23.5 Å². The standard InChI is InChI=1S/C12H15N5O3/c1-4-20-11(19)7-5-6(2)16-17(3)9-8(7)10(18)15-12(13)14-9/h5H,4H2,1-3H3,(H3,13,14,15,18). The van der Waals surface area contributed by atoms with Gasteiger partial charge in [0.1, 0.15) is 0 Å². The van der Waals surface area contributed by atoms with E-state index in [0.717, 1.165) is 0 Å². The molecule has 0 atom stereocenters. The van der Waals surface area contributed by atoms with Gasteiger partial charge in [-0.15, -0.1) is 0 Å². The van der Waals surface area contributed by atoms with E-state index in [0.29, 0.717) is 5.71 Å². The summed E-state index contributed by atoms with van der Waals surface area (Å²) >= 11 is 0. The van der Waals surface area contributed by atoms with Gasteiger partial charge in [-0.05, 0) is 19.9 Å². The van der Waals surface area contributed by atoms with Crippen molar-refractivity contribution in [3.8, 4) is 0 Å². The summed E-state index contributed by atoms with van der Waals surface area (Å²) in [5, 5.41) is 5.59. The molecule has 1 aromatic rings. The molecule has 3 N–H and O–H groups in total. The smallest absolute Gasteiger partial charge is 0.339 e. The number of anilines is 2. The van der Waals surface area contributed by atoms with E-state index in [1.54, 1.807) is 20.9 Å². The molecule has 0 amide bonds. The van der Waals surface area contributed by atoms with Crippen LogP contribution < -0.4 is 16.3 Å². The second kappa shape index (κ2) is 5.16. The van der Waals surface area contributed by atoms with E-state index in [2.05, 4.69) is 15.1 Å². The van der Waals surface area contributed by atoms with Crippen LogP contribution in [0.15, 0.2) is 16.0 Å². The number of fused-ring (bicyclic) bond motifs is 1. The van der Waals surface area contributed by atoms with E-state index in [9.17, 15) is 9.59 Å². The highest BCUT2D eigenvalue weighted by Gasteiger charge is 2.26. The van der Waals surface area contributed by atoms with Gasteiger partial charge < -0.3 is 10.5 Å². The van der Waals surface area contributed by atoms with E-state index >= 15 is 0 Å². The molecular weight excluding hydrogens is 262 g/mol. The van der Waals surface area contributed by atoms with Crippen LogP contribution >= 0.6 is 0 Å². The number of aromatic amines is 1. The second-order valence-electron chi connectivity index (χ2n) is 4.19. The van der Waals surface area contributed by atoms with E-state index in [1.165, 1.54) is 11.1 Å². The van der Waals surface area contributed by atoms with Crippen molar-refractivity contribution >= 4 is 29.0 Å². The third kappa shape index (κ3) is 2.40. The molecule has 2 heterocycles. The SMILES string of the molecule is CCOC(=O)C1=CC(C)=NN(C)c2nc(N)[nH]c(=O)c21. The van der Waals surface area contributed by atoms with Crippen molar-refractivity contribution in [2.24, 2.45) is 5.10 Å². The highest BCUT2D eigenvalue weighted by Crippen LogP contribution is 2.25. The van der Waals surface area contributed by atoms with Gasteiger partial charge in [0.2, 0.25) is 5.95 Å². The molecule has 0 saturated carbocycles. The molecule has 0 spiro atoms. The normalized spacial score (nSPS) is 14.1. The molecule has 1 aliphatic heterocycles. The average Bonchev–Trinajstić information content (AvgIpc) is 2.47. The van der Waals surface area contributed by atoms with Crippen molar-refractivity contribution in [3.63, 3.8) is 0 Å². The Hall–Kier alpha value is -2.64. The zero-order chi connectivity index (χ0) is 14.9. The minimum absolute atomic E-state index is 0.0430. The molecule has 0 radical (unpaired) electrons. The fraction of sp³-hybridized carbons (Fsp3) is 0.333. The molecule has 8 heteroatoms. The van der Waals surface area contributed by atoms with Crippen molar-refractivity contribution in [2.75, 3.05) is 24.4 Å². The molecule has 2 rings (SSSR count). The molecule has 0 bridgehead atoms. The fourth-order valence-corrected chi connectivity index (χ4v) is 1.92. The van der Waals surface area contributed by atoms with Crippen LogP contribution in [-0.2, 0) is 9.53 Å². The van der Waals surface area contributed by atoms with Crippen molar-refractivity contribution in [1.82, 2.24) is 9.97 Å². The zero-order valence-electron chi connectivity index (χ0n) is 11.4. The summed E-state index contributed by atoms with van der Waals surface area (Å²) in [5.74, 6) is -0.434. The highest BCUT2D eigenvalue weighted by molar-refractivity contribution is 6.23. The van der Waals surface area contributed by atoms with Crippen molar-refractivity contribution in [2.45, 2.75) is 13.8 Å². The number of aromatic nitrogens is 2. The number of allylic oxidation sites excluding steroid dienone is 1. The van der Waals surface area contributed by atoms with Gasteiger partial charge >= 0.3 is 5.97 Å². The third-order valence-electron chi connectivity index (χ3n) is 2.65. The third-order valence-corrected chi connectivity index (χ3v) is 2.65. The lowest BCUT2D eigenvalue weighted by atomic mass is 10.1. The fourth-order valence-electron chi connectivity index (χ4n) is 1.92. The number of rotatable bonds is 2. The first-order valence-electron chi connectivity index (χ1n) is 6.02. The molecular formula is C12H15N5O3. The average molecular weight is 277 g/mol. The quantitative estimate of drug-likeness (QED) is 0.742. The Morgan fingerprint density at radius 1 is 1.55 bits per heavy atom. The maximum Gasteiger partial charge on any atom is 0.339 e. The molecule has 106 valence electrons. The van der Waals surface area contributed by atoms with Crippen LogP contribution in [0.2, 0.25) is 0 Å². The van der Waals surface area contributed by atoms with Crippen LogP contribution in [0.1, 0.15) is 19.4 Å². The highest BCUT2D eigenvalue weighted by atomic mass is 16.5. The summed E-state index contributed by atoms with van der Waals surface area (Å²) in [6.07, 6.45) is 1.49. The minimum Gasteiger partial charge on any atom is -0.462 e. The summed E-state index contributed by atoms with van der Waals surface area (Å²) < 4.78 is 4.97. The number of carbonyl (C=O) groups excluding carboxylic acids is 1. The molecule has 0 fully saturated rings. The molecule has 0 aliphatic carbocycles. The number of H-pyrrole nitrogens is 1. The lowest BCUT2D eigenvalue weighted by molar-refractivity contribution is -0.136. The van der Waals surface area contributed by atoms with Gasteiger partial charge in [0.25, 0.3) is 5.56 Å². The summed E-state index contributed by atoms with van der Waals surface area (Å²) in [7, 11) is 1.62. The maximum absolute atomic E-state index is 12.1. The topological polar surface area (TPSA) is 114 Å². The molecule has 0 unspecified atom stereocenters. The van der Waals surface area contributed by atoms with Gasteiger partial charge in [-0.2, -0.15) is 10.1 Å². The van der Waals surface area contributed by atoms with Gasteiger partial charge in [-0.3, -0.25) is 9.78 Å². The summed E-state index contributed by atoms with van der Waals surface area (Å²) in [5.41, 5.74) is 5.78. The molecule has 20 heavy (non-hydrogen) atoms. The van der Waals surface area contributed by atoms with Crippen molar-refractivity contribution in [1.29, 1.82) is 0 Å². The van der Waals surface area contributed by atoms with Crippen molar-refractivity contribution in [3.05, 3.63) is 22.0 Å². The number of hydrogen-bond acceptors (Lipinski definition) is 7. The Bertz CT molecular complexity index is 674. The van der Waals surface area contributed by atoms with Gasteiger partial charge in [0, 0.05) is 7.05 Å². The largest absolute Gasteiger partial charge is 0.462 e. The van der Waals surface area contributed by atoms with Gasteiger partial charge in [-0.25, -0.2) is 9.80 Å². The number of nitrogens with one attached hydrogen (secondary N) is 1. The van der Waals surface area contributed by atoms with Crippen molar-refractivity contribution < 1.29 is 9.53 Å². The van der Waals surface area contributed by atoms with E-state index in [4.69, 9.17) is 10.5 Å². The molecule has 0 saturated heterocycles. The number of hydrazone groups is 1. The lowest BCUT2D eigenvalue weighted by Gasteiger charge is -2.14. The number of nitrogen functional groups attached to an aromatic ring is 1. The van der Waals surface area contributed by atoms with E-state index < -0.39 is 11.5 Å². The monoisotopic (exact) mass is 277 g/mol. The number of carbonyl (C=O) groups is 1. The minimum atomic E-state index is -0.601. The van der Waals surface area contributed by atoms with Crippen LogP contribution in [0.3, 0.4) is 0 Å². The van der Waals surface area contributed by atoms with Gasteiger partial charge in [-0.1, -0.05) is 0 Å². The zero-order valence-corrected chi connectivity index (χ0v) is 11.4. The summed E-state index contributed by atoms with van der Waals surface area (Å²) in [6.45, 7) is 3.60. The summed E-state index contributed by atoms with van der Waals surface area (Å²) in [6, 6.07) is 0. The maximum atomic E-state index is 12.1. The van der Waals surface area contributed by atoms with Crippen LogP contribution in [-0.4, -0.2) is 35.3 Å². The number of nitrogens with zero attached hydrogens (tertiary/aromatic N) is 3. The molecule has 8 nitrogen and oxygen atoms in total. The van der Waals surface area contributed by atoms with Crippen LogP contribution in [0, 0.1) is 0 Å². The van der Waals surface area contributed by atoms with Crippen LogP contribution in [0.25, 0.3) is 5.57 Å². The second-order valence-corrected chi connectivity index (χ2v) is 4.19. The first-order valence-corrected chi connectivity index (χ1v) is 6.02. The Balaban J connectivity index is 2.71. The lowest BCUT2D eigenvalue weighted by Crippen LogP contribution is -2.24. The number of hydrogen-bond donors (Lipinski definition) is 2. The van der Waals surface area contributed by atoms with Gasteiger partial charge in [0.15, 0.2) is 5.82 Å². The van der Waals surface area contributed by atoms with E-state index in [1.807, 2.05) is 0 Å². The molecule has 0 aromatic carbocycles. The first-order chi connectivity index (χ1) is 9.43. The number of nitrogens with two attached hydrogens (primary N) is 1. The van der Waals surface area contributed by atoms with Crippen LogP contribution in [0.4, 0.5) is 11.8 Å². The number of esters is 1. The first kappa shape index (κ1) is 13.8. The van der Waals surface area contributed by atoms with E-state index in [-0.39, 0.29) is 29.5 Å². The number of ether oxygens (including phenoxy) is 1. The Morgan fingerprint density at radius 2 is 2.25 bits per heavy atom. The molecule has 1 aromatic heterocycles.